The highest BCUT2D eigenvalue weighted by atomic mass is 16.4. The average Bonchev–Trinajstić information content (AvgIpc) is 2.63. The summed E-state index contributed by atoms with van der Waals surface area (Å²) in [6, 6.07) is 7.57. The highest BCUT2D eigenvalue weighted by molar-refractivity contribution is 6.00. The van der Waals surface area contributed by atoms with Gasteiger partial charge in [-0.3, -0.25) is 0 Å². The molecule has 2 aromatic rings. The normalized spacial score (nSPS) is 12.2. The molecule has 1 aromatic carbocycles. The van der Waals surface area contributed by atoms with Gasteiger partial charge in [0.2, 0.25) is 0 Å². The summed E-state index contributed by atoms with van der Waals surface area (Å²) < 4.78 is 5.22. The molecule has 0 saturated heterocycles. The predicted molar refractivity (Wildman–Crippen MR) is 50.2 cm³/mol. The lowest BCUT2D eigenvalue weighted by Gasteiger charge is -1.96. The van der Waals surface area contributed by atoms with Gasteiger partial charge in [-0.05, 0) is 19.1 Å². The van der Waals surface area contributed by atoms with E-state index in [1.807, 2.05) is 24.3 Å². The van der Waals surface area contributed by atoms with E-state index < -0.39 is 0 Å². The Morgan fingerprint density at radius 1 is 1.38 bits per heavy atom. The zero-order valence-electron chi connectivity index (χ0n) is 7.19. The Labute approximate surface area is 75.3 Å². The highest BCUT2D eigenvalue weighted by Crippen LogP contribution is 2.17. The van der Waals surface area contributed by atoms with Crippen LogP contribution in [0.3, 0.4) is 0 Å². The molecule has 0 unspecified atom stereocenters. The van der Waals surface area contributed by atoms with Crippen molar-refractivity contribution in [2.45, 2.75) is 6.92 Å². The van der Waals surface area contributed by atoms with Gasteiger partial charge < -0.3 is 9.62 Å². The average molecular weight is 175 g/mol. The van der Waals surface area contributed by atoms with Gasteiger partial charge >= 0.3 is 0 Å². The van der Waals surface area contributed by atoms with Gasteiger partial charge in [0.25, 0.3) is 0 Å². The smallest absolute Gasteiger partial charge is 0.134 e. The summed E-state index contributed by atoms with van der Waals surface area (Å²) in [5.74, 6) is 0. The van der Waals surface area contributed by atoms with E-state index in [1.165, 1.54) is 0 Å². The summed E-state index contributed by atoms with van der Waals surface area (Å²) in [5, 5.41) is 12.7. The molecule has 0 aliphatic carbocycles. The third-order valence-electron chi connectivity index (χ3n) is 2.02. The molecule has 13 heavy (non-hydrogen) atoms. The van der Waals surface area contributed by atoms with Gasteiger partial charge in [-0.1, -0.05) is 17.3 Å². The molecule has 0 aliphatic rings. The minimum absolute atomic E-state index is 0.582. The van der Waals surface area contributed by atoms with E-state index in [-0.39, 0.29) is 0 Å². The maximum atomic E-state index is 8.57. The van der Waals surface area contributed by atoms with Crippen molar-refractivity contribution in [3.05, 3.63) is 36.1 Å². The van der Waals surface area contributed by atoms with Gasteiger partial charge in [-0.25, -0.2) is 0 Å². The minimum atomic E-state index is 0.582. The van der Waals surface area contributed by atoms with Crippen LogP contribution >= 0.6 is 0 Å². The SMILES string of the molecule is C/C(=N\O)c1ccc2ccoc2c1. The molecule has 0 saturated carbocycles. The van der Waals surface area contributed by atoms with E-state index in [1.54, 1.807) is 13.2 Å². The summed E-state index contributed by atoms with van der Waals surface area (Å²) >= 11 is 0. The van der Waals surface area contributed by atoms with Crippen LogP contribution in [0.5, 0.6) is 0 Å². The zero-order chi connectivity index (χ0) is 9.26. The maximum Gasteiger partial charge on any atom is 0.134 e. The zero-order valence-corrected chi connectivity index (χ0v) is 7.19. The lowest BCUT2D eigenvalue weighted by Crippen LogP contribution is -1.92. The summed E-state index contributed by atoms with van der Waals surface area (Å²) in [6.45, 7) is 1.74. The second-order valence-corrected chi connectivity index (χ2v) is 2.86. The molecule has 3 nitrogen and oxygen atoms in total. The third-order valence-corrected chi connectivity index (χ3v) is 2.02. The summed E-state index contributed by atoms with van der Waals surface area (Å²) in [6.07, 6.45) is 1.64. The van der Waals surface area contributed by atoms with Crippen molar-refractivity contribution in [3.63, 3.8) is 0 Å². The van der Waals surface area contributed by atoms with Gasteiger partial charge in [0.05, 0.1) is 12.0 Å². The fourth-order valence-electron chi connectivity index (χ4n) is 1.24. The van der Waals surface area contributed by atoms with Crippen LogP contribution in [0.25, 0.3) is 11.0 Å². The Bertz CT molecular complexity index is 457. The second kappa shape index (κ2) is 2.94. The Kier molecular flexibility index (Phi) is 1.77. The van der Waals surface area contributed by atoms with Crippen LogP contribution in [0.4, 0.5) is 0 Å². The third kappa shape index (κ3) is 1.28. The first-order chi connectivity index (χ1) is 6.31. The van der Waals surface area contributed by atoms with Gasteiger partial charge in [-0.2, -0.15) is 0 Å². The summed E-state index contributed by atoms with van der Waals surface area (Å²) in [5.41, 5.74) is 2.25. The van der Waals surface area contributed by atoms with Crippen molar-refractivity contribution < 1.29 is 9.62 Å². The number of benzene rings is 1. The Morgan fingerprint density at radius 2 is 2.23 bits per heavy atom. The number of furan rings is 1. The fourth-order valence-corrected chi connectivity index (χ4v) is 1.24. The highest BCUT2D eigenvalue weighted by Gasteiger charge is 2.01. The fraction of sp³-hybridized carbons (Fsp3) is 0.100. The molecule has 0 spiro atoms. The molecule has 0 amide bonds. The Hall–Kier alpha value is -1.77. The number of hydrogen-bond donors (Lipinski definition) is 1. The number of hydrogen-bond acceptors (Lipinski definition) is 3. The molecule has 0 fully saturated rings. The van der Waals surface area contributed by atoms with Crippen LogP contribution < -0.4 is 0 Å². The number of fused-ring (bicyclic) bond motifs is 1. The van der Waals surface area contributed by atoms with E-state index in [0.717, 1.165) is 16.5 Å². The topological polar surface area (TPSA) is 45.7 Å². The lowest BCUT2D eigenvalue weighted by molar-refractivity contribution is 0.319. The van der Waals surface area contributed by atoms with Gasteiger partial charge in [0, 0.05) is 10.9 Å². The van der Waals surface area contributed by atoms with Gasteiger partial charge in [0.15, 0.2) is 0 Å². The largest absolute Gasteiger partial charge is 0.464 e. The van der Waals surface area contributed by atoms with Crippen LogP contribution in [-0.2, 0) is 0 Å². The van der Waals surface area contributed by atoms with Crippen LogP contribution in [0, 0.1) is 0 Å². The van der Waals surface area contributed by atoms with Gasteiger partial charge in [0.1, 0.15) is 5.58 Å². The summed E-state index contributed by atoms with van der Waals surface area (Å²) in [7, 11) is 0. The first kappa shape index (κ1) is 7.86. The van der Waals surface area contributed by atoms with Crippen molar-refractivity contribution in [2.75, 3.05) is 0 Å². The molecule has 1 N–H and O–H groups in total. The first-order valence-corrected chi connectivity index (χ1v) is 3.97. The molecular formula is C10H9NO2. The van der Waals surface area contributed by atoms with Crippen molar-refractivity contribution in [1.82, 2.24) is 0 Å². The standard InChI is InChI=1S/C10H9NO2/c1-7(11-12)9-3-2-8-4-5-13-10(8)6-9/h2-6,12H,1H3/b11-7+. The van der Waals surface area contributed by atoms with Crippen LogP contribution in [0.2, 0.25) is 0 Å². The van der Waals surface area contributed by atoms with Gasteiger partial charge in [-0.15, -0.1) is 0 Å². The molecular weight excluding hydrogens is 166 g/mol. The van der Waals surface area contributed by atoms with Crippen molar-refractivity contribution in [2.24, 2.45) is 5.16 Å². The van der Waals surface area contributed by atoms with E-state index in [9.17, 15) is 0 Å². The Balaban J connectivity index is 2.60. The molecule has 0 bridgehead atoms. The van der Waals surface area contributed by atoms with Crippen molar-refractivity contribution >= 4 is 16.7 Å². The minimum Gasteiger partial charge on any atom is -0.464 e. The molecule has 3 heteroatoms. The molecule has 1 heterocycles. The molecule has 2 rings (SSSR count). The van der Waals surface area contributed by atoms with Crippen molar-refractivity contribution in [3.8, 4) is 0 Å². The van der Waals surface area contributed by atoms with Crippen LogP contribution in [0.15, 0.2) is 40.1 Å². The maximum absolute atomic E-state index is 8.57. The predicted octanol–water partition coefficient (Wildman–Crippen LogP) is 2.63. The molecule has 0 radical (unpaired) electrons. The van der Waals surface area contributed by atoms with Crippen LogP contribution in [0.1, 0.15) is 12.5 Å². The summed E-state index contributed by atoms with van der Waals surface area (Å²) in [4.78, 5) is 0. The van der Waals surface area contributed by atoms with E-state index in [0.29, 0.717) is 5.71 Å². The Morgan fingerprint density at radius 3 is 3.00 bits per heavy atom. The molecule has 1 aromatic heterocycles. The number of oxime groups is 1. The quantitative estimate of drug-likeness (QED) is 0.411. The van der Waals surface area contributed by atoms with Crippen LogP contribution in [-0.4, -0.2) is 10.9 Å². The monoisotopic (exact) mass is 175 g/mol. The lowest BCUT2D eigenvalue weighted by atomic mass is 10.1. The first-order valence-electron chi connectivity index (χ1n) is 3.97. The van der Waals surface area contributed by atoms with E-state index >= 15 is 0 Å². The molecule has 66 valence electrons. The number of nitrogens with zero attached hydrogens (tertiary/aromatic N) is 1. The van der Waals surface area contributed by atoms with E-state index in [2.05, 4.69) is 5.16 Å². The molecule has 0 aliphatic heterocycles. The number of rotatable bonds is 1. The van der Waals surface area contributed by atoms with Crippen molar-refractivity contribution in [1.29, 1.82) is 0 Å². The second-order valence-electron chi connectivity index (χ2n) is 2.86. The molecule has 0 atom stereocenters. The van der Waals surface area contributed by atoms with E-state index in [4.69, 9.17) is 9.62 Å².